The summed E-state index contributed by atoms with van der Waals surface area (Å²) in [7, 11) is -4.19. The highest BCUT2D eigenvalue weighted by Gasteiger charge is 2.22. The van der Waals surface area contributed by atoms with E-state index >= 15 is 0 Å². The molecule has 1 amide bonds. The summed E-state index contributed by atoms with van der Waals surface area (Å²) in [6, 6.07) is 8.13. The van der Waals surface area contributed by atoms with E-state index in [2.05, 4.69) is 21.2 Å². The van der Waals surface area contributed by atoms with Gasteiger partial charge in [0.1, 0.15) is 5.82 Å². The Labute approximate surface area is 152 Å². The zero-order valence-corrected chi connectivity index (χ0v) is 15.5. The number of benzene rings is 2. The van der Waals surface area contributed by atoms with Crippen molar-refractivity contribution in [3.63, 3.8) is 0 Å². The minimum Gasteiger partial charge on any atom is -0.345 e. The Bertz CT molecular complexity index is 906. The minimum absolute atomic E-state index is 0.102. The first kappa shape index (κ1) is 18.9. The van der Waals surface area contributed by atoms with Gasteiger partial charge < -0.3 is 5.32 Å². The van der Waals surface area contributed by atoms with E-state index in [1.165, 1.54) is 0 Å². The molecule has 0 saturated heterocycles. The molecule has 5 nitrogen and oxygen atoms in total. The number of carbonyl (C=O) groups excluding carboxylic acids is 1. The topological polar surface area (TPSA) is 89.3 Å². The molecule has 0 radical (unpaired) electrons. The highest BCUT2D eigenvalue weighted by atomic mass is 79.9. The lowest BCUT2D eigenvalue weighted by atomic mass is 10.1. The Balaban J connectivity index is 2.37. The van der Waals surface area contributed by atoms with Gasteiger partial charge in [-0.15, -0.1) is 0 Å². The number of nitrogens with two attached hydrogens (primary N) is 1. The molecule has 0 saturated carbocycles. The molecule has 2 aromatic carbocycles. The first-order chi connectivity index (χ1) is 11.1. The highest BCUT2D eigenvalue weighted by Crippen LogP contribution is 2.28. The molecule has 128 valence electrons. The molecule has 3 N–H and O–H groups in total. The second-order valence-corrected chi connectivity index (χ2v) is 7.76. The molecule has 0 aliphatic heterocycles. The van der Waals surface area contributed by atoms with E-state index in [0.717, 1.165) is 12.1 Å². The van der Waals surface area contributed by atoms with Crippen molar-refractivity contribution in [3.8, 4) is 0 Å². The summed E-state index contributed by atoms with van der Waals surface area (Å²) in [5, 5.41) is 8.14. The van der Waals surface area contributed by atoms with Gasteiger partial charge in [0.15, 0.2) is 0 Å². The minimum atomic E-state index is -4.19. The molecule has 1 atom stereocenters. The quantitative estimate of drug-likeness (QED) is 0.771. The Kier molecular flexibility index (Phi) is 5.64. The summed E-state index contributed by atoms with van der Waals surface area (Å²) in [5.74, 6) is -1.56. The van der Waals surface area contributed by atoms with E-state index in [4.69, 9.17) is 16.7 Å². The van der Waals surface area contributed by atoms with Crippen molar-refractivity contribution in [2.24, 2.45) is 5.14 Å². The average molecular weight is 436 g/mol. The van der Waals surface area contributed by atoms with Gasteiger partial charge in [-0.2, -0.15) is 0 Å². The molecule has 0 aliphatic carbocycles. The van der Waals surface area contributed by atoms with Crippen LogP contribution < -0.4 is 10.5 Å². The fourth-order valence-corrected chi connectivity index (χ4v) is 4.14. The van der Waals surface area contributed by atoms with E-state index < -0.39 is 32.7 Å². The summed E-state index contributed by atoms with van der Waals surface area (Å²) in [6.45, 7) is 1.70. The highest BCUT2D eigenvalue weighted by molar-refractivity contribution is 9.10. The van der Waals surface area contributed by atoms with Gasteiger partial charge in [0.2, 0.25) is 10.0 Å². The first-order valence-corrected chi connectivity index (χ1v) is 9.40. The smallest absolute Gasteiger partial charge is 0.253 e. The van der Waals surface area contributed by atoms with Crippen LogP contribution in [-0.4, -0.2) is 14.3 Å². The molecule has 0 aliphatic rings. The summed E-state index contributed by atoms with van der Waals surface area (Å²) < 4.78 is 36.6. The number of rotatable bonds is 4. The number of sulfonamides is 1. The lowest BCUT2D eigenvalue weighted by Gasteiger charge is -2.17. The van der Waals surface area contributed by atoms with Gasteiger partial charge in [0, 0.05) is 5.02 Å². The number of carbonyl (C=O) groups is 1. The van der Waals surface area contributed by atoms with Crippen LogP contribution in [0, 0.1) is 5.82 Å². The lowest BCUT2D eigenvalue weighted by molar-refractivity contribution is 0.0938. The van der Waals surface area contributed by atoms with Gasteiger partial charge in [-0.25, -0.2) is 17.9 Å². The molecule has 1 unspecified atom stereocenters. The molecule has 9 heteroatoms. The molecule has 2 aromatic rings. The van der Waals surface area contributed by atoms with E-state index in [-0.39, 0.29) is 10.0 Å². The third-order valence-corrected chi connectivity index (χ3v) is 5.67. The summed E-state index contributed by atoms with van der Waals surface area (Å²) in [6.07, 6.45) is 0. The van der Waals surface area contributed by atoms with Crippen molar-refractivity contribution >= 4 is 43.5 Å². The predicted octanol–water partition coefficient (Wildman–Crippen LogP) is 3.38. The molecular formula is C15H13BrClFN2O3S. The third kappa shape index (κ3) is 4.13. The Morgan fingerprint density at radius 1 is 1.33 bits per heavy atom. The van der Waals surface area contributed by atoms with E-state index in [9.17, 15) is 17.6 Å². The van der Waals surface area contributed by atoms with Crippen molar-refractivity contribution < 1.29 is 17.6 Å². The van der Waals surface area contributed by atoms with Gasteiger partial charge in [0.05, 0.1) is 21.0 Å². The fourth-order valence-electron chi connectivity index (χ4n) is 2.11. The second-order valence-electron chi connectivity index (χ2n) is 5.03. The van der Waals surface area contributed by atoms with E-state index in [1.54, 1.807) is 31.2 Å². The van der Waals surface area contributed by atoms with E-state index in [1.807, 2.05) is 0 Å². The van der Waals surface area contributed by atoms with Gasteiger partial charge in [0.25, 0.3) is 5.91 Å². The Morgan fingerprint density at radius 2 is 1.96 bits per heavy atom. The molecule has 0 heterocycles. The van der Waals surface area contributed by atoms with Crippen LogP contribution in [0.5, 0.6) is 0 Å². The molecule has 0 bridgehead atoms. The number of halogens is 3. The van der Waals surface area contributed by atoms with Crippen LogP contribution in [0.25, 0.3) is 0 Å². The van der Waals surface area contributed by atoms with Crippen LogP contribution in [0.1, 0.15) is 28.9 Å². The SMILES string of the molecule is CC(NC(=O)c1cc(F)cc(S(N)(=O)=O)c1Br)c1ccccc1Cl. The zero-order valence-electron chi connectivity index (χ0n) is 12.4. The monoisotopic (exact) mass is 434 g/mol. The maximum absolute atomic E-state index is 13.7. The molecule has 0 fully saturated rings. The van der Waals surface area contributed by atoms with Gasteiger partial charge in [-0.3, -0.25) is 4.79 Å². The van der Waals surface area contributed by atoms with Crippen molar-refractivity contribution in [1.82, 2.24) is 5.32 Å². The van der Waals surface area contributed by atoms with Crippen molar-refractivity contribution in [3.05, 3.63) is 62.8 Å². The largest absolute Gasteiger partial charge is 0.345 e. The summed E-state index contributed by atoms with van der Waals surface area (Å²) in [5.41, 5.74) is 0.490. The number of primary sulfonamides is 1. The van der Waals surface area contributed by atoms with Crippen LogP contribution in [0.4, 0.5) is 4.39 Å². The van der Waals surface area contributed by atoms with Crippen LogP contribution in [0.2, 0.25) is 5.02 Å². The van der Waals surface area contributed by atoms with Crippen molar-refractivity contribution in [2.45, 2.75) is 17.9 Å². The van der Waals surface area contributed by atoms with Crippen molar-refractivity contribution in [1.29, 1.82) is 0 Å². The number of nitrogens with one attached hydrogen (secondary N) is 1. The lowest BCUT2D eigenvalue weighted by Crippen LogP contribution is -2.28. The maximum atomic E-state index is 13.7. The summed E-state index contributed by atoms with van der Waals surface area (Å²) >= 11 is 9.07. The fraction of sp³-hybridized carbons (Fsp3) is 0.133. The molecule has 0 aromatic heterocycles. The Morgan fingerprint density at radius 3 is 2.54 bits per heavy atom. The number of hydrogen-bond donors (Lipinski definition) is 2. The molecule has 2 rings (SSSR count). The molecule has 24 heavy (non-hydrogen) atoms. The van der Waals surface area contributed by atoms with Gasteiger partial charge >= 0.3 is 0 Å². The number of hydrogen-bond acceptors (Lipinski definition) is 3. The normalized spacial score (nSPS) is 12.7. The Hall–Kier alpha value is -1.48. The van der Waals surface area contributed by atoms with Crippen LogP contribution >= 0.6 is 27.5 Å². The second kappa shape index (κ2) is 7.18. The first-order valence-electron chi connectivity index (χ1n) is 6.68. The molecular weight excluding hydrogens is 423 g/mol. The summed E-state index contributed by atoms with van der Waals surface area (Å²) in [4.78, 5) is 11.9. The van der Waals surface area contributed by atoms with E-state index in [0.29, 0.717) is 10.6 Å². The van der Waals surface area contributed by atoms with Crippen LogP contribution in [-0.2, 0) is 10.0 Å². The van der Waals surface area contributed by atoms with Gasteiger partial charge in [-0.1, -0.05) is 29.8 Å². The third-order valence-electron chi connectivity index (χ3n) is 3.27. The van der Waals surface area contributed by atoms with Crippen molar-refractivity contribution in [2.75, 3.05) is 0 Å². The predicted molar refractivity (Wildman–Crippen MR) is 92.8 cm³/mol. The van der Waals surface area contributed by atoms with Crippen LogP contribution in [0.3, 0.4) is 0 Å². The molecule has 0 spiro atoms. The maximum Gasteiger partial charge on any atom is 0.253 e. The zero-order chi connectivity index (χ0) is 18.1. The number of amides is 1. The average Bonchev–Trinajstić information content (AvgIpc) is 2.48. The van der Waals surface area contributed by atoms with Gasteiger partial charge in [-0.05, 0) is 46.6 Å². The standard InChI is InChI=1S/C15H13BrClFN2O3S/c1-8(10-4-2-3-5-12(10)17)20-15(21)11-6-9(18)7-13(14(11)16)24(19,22)23/h2-8H,1H3,(H,20,21)(H2,19,22,23). The van der Waals surface area contributed by atoms with Crippen LogP contribution in [0.15, 0.2) is 45.8 Å².